The number of carbonyl (C=O) groups excluding carboxylic acids is 1. The van der Waals surface area contributed by atoms with Crippen molar-refractivity contribution >= 4 is 22.5 Å². The van der Waals surface area contributed by atoms with Gasteiger partial charge in [0.25, 0.3) is 5.91 Å². The number of hydrogen-bond donors (Lipinski definition) is 1. The minimum atomic E-state index is -0.492. The van der Waals surface area contributed by atoms with Crippen LogP contribution < -0.4 is 15.6 Å². The molecule has 1 fully saturated rings. The van der Waals surface area contributed by atoms with E-state index in [4.69, 9.17) is 0 Å². The molecular formula is C25H20F2N4O2. The fourth-order valence-electron chi connectivity index (χ4n) is 4.91. The molecule has 4 heterocycles. The monoisotopic (exact) mass is 446 g/mol. The Labute approximate surface area is 187 Å². The van der Waals surface area contributed by atoms with Crippen molar-refractivity contribution in [1.29, 1.82) is 0 Å². The first-order valence-electron chi connectivity index (χ1n) is 10.9. The van der Waals surface area contributed by atoms with Crippen molar-refractivity contribution in [3.63, 3.8) is 0 Å². The second-order valence-electron chi connectivity index (χ2n) is 8.37. The fourth-order valence-corrected chi connectivity index (χ4v) is 4.91. The molecule has 6 nitrogen and oxygen atoms in total. The number of anilines is 1. The number of hydrogen-bond acceptors (Lipinski definition) is 4. The van der Waals surface area contributed by atoms with Crippen molar-refractivity contribution in [1.82, 2.24) is 14.5 Å². The average molecular weight is 446 g/mol. The summed E-state index contributed by atoms with van der Waals surface area (Å²) >= 11 is 0. The van der Waals surface area contributed by atoms with Crippen LogP contribution in [0.4, 0.5) is 14.5 Å². The van der Waals surface area contributed by atoms with Gasteiger partial charge in [0.1, 0.15) is 11.4 Å². The van der Waals surface area contributed by atoms with Gasteiger partial charge in [-0.25, -0.2) is 8.78 Å². The Morgan fingerprint density at radius 3 is 2.45 bits per heavy atom. The Kier molecular flexibility index (Phi) is 4.45. The molecule has 0 aliphatic carbocycles. The predicted molar refractivity (Wildman–Crippen MR) is 122 cm³/mol. The van der Waals surface area contributed by atoms with Crippen LogP contribution in [0.2, 0.25) is 0 Å². The van der Waals surface area contributed by atoms with Crippen LogP contribution in [0.3, 0.4) is 0 Å². The van der Waals surface area contributed by atoms with Gasteiger partial charge in [-0.15, -0.1) is 0 Å². The van der Waals surface area contributed by atoms with Gasteiger partial charge in [-0.2, -0.15) is 0 Å². The second-order valence-corrected chi connectivity index (χ2v) is 8.37. The summed E-state index contributed by atoms with van der Waals surface area (Å²) in [6, 6.07) is 12.6. The molecule has 2 aliphatic rings. The lowest BCUT2D eigenvalue weighted by atomic mass is 10.0. The maximum atomic E-state index is 16.2. The number of nitrogens with one attached hydrogen (secondary N) is 1. The highest BCUT2D eigenvalue weighted by molar-refractivity contribution is 6.10. The van der Waals surface area contributed by atoms with Gasteiger partial charge in [0.2, 0.25) is 5.43 Å². The number of carbonyl (C=O) groups is 1. The van der Waals surface area contributed by atoms with Gasteiger partial charge in [0.15, 0.2) is 5.82 Å². The van der Waals surface area contributed by atoms with E-state index < -0.39 is 17.2 Å². The minimum absolute atomic E-state index is 0.0366. The Hall–Kier alpha value is -3.78. The summed E-state index contributed by atoms with van der Waals surface area (Å²) in [4.78, 5) is 28.4. The van der Waals surface area contributed by atoms with Crippen molar-refractivity contribution < 1.29 is 13.6 Å². The van der Waals surface area contributed by atoms with Crippen LogP contribution in [0.5, 0.6) is 0 Å². The molecular weight excluding hydrogens is 426 g/mol. The van der Waals surface area contributed by atoms with E-state index in [1.807, 2.05) is 4.90 Å². The SMILES string of the molecule is O=C1c2c(n(Cc3ccc(F)cc3)c3c(F)c(N4CCNCC4)ccc3c2=O)-c2cccn21. The molecule has 0 radical (unpaired) electrons. The highest BCUT2D eigenvalue weighted by Gasteiger charge is 2.34. The number of rotatable bonds is 3. The summed E-state index contributed by atoms with van der Waals surface area (Å²) in [5, 5.41) is 3.41. The molecule has 33 heavy (non-hydrogen) atoms. The standard InChI is InChI=1S/C25H20F2N4O2/c26-16-5-3-15(4-6-16)14-31-22-17(7-8-18(21(22)27)29-12-9-28-10-13-29)24(32)20-23(31)19-2-1-11-30(19)25(20)33/h1-8,11,28H,9-10,12-14H2. The van der Waals surface area contributed by atoms with Gasteiger partial charge in [-0.05, 0) is 42.0 Å². The lowest BCUT2D eigenvalue weighted by molar-refractivity contribution is 0.0968. The van der Waals surface area contributed by atoms with Crippen LogP contribution in [0.25, 0.3) is 22.3 Å². The largest absolute Gasteiger partial charge is 0.367 e. The molecule has 2 aromatic carbocycles. The molecule has 8 heteroatoms. The zero-order valence-corrected chi connectivity index (χ0v) is 17.6. The van der Waals surface area contributed by atoms with Crippen LogP contribution >= 0.6 is 0 Å². The molecule has 0 spiro atoms. The molecule has 0 bridgehead atoms. The smallest absolute Gasteiger partial charge is 0.268 e. The Bertz CT molecular complexity index is 1480. The van der Waals surface area contributed by atoms with Gasteiger partial charge >= 0.3 is 0 Å². The van der Waals surface area contributed by atoms with E-state index in [1.54, 1.807) is 47.2 Å². The Balaban J connectivity index is 1.67. The molecule has 0 amide bonds. The van der Waals surface area contributed by atoms with Gasteiger partial charge in [0.05, 0.1) is 22.6 Å². The molecule has 0 atom stereocenters. The molecule has 1 saturated heterocycles. The first-order chi connectivity index (χ1) is 16.0. The normalized spacial score (nSPS) is 15.2. The summed E-state index contributed by atoms with van der Waals surface area (Å²) in [6.45, 7) is 2.96. The number of nitrogens with zero attached hydrogens (tertiary/aromatic N) is 3. The number of piperazine rings is 1. The zero-order chi connectivity index (χ0) is 22.7. The molecule has 6 rings (SSSR count). The number of pyridine rings is 1. The van der Waals surface area contributed by atoms with Gasteiger partial charge in [-0.1, -0.05) is 12.1 Å². The highest BCUT2D eigenvalue weighted by atomic mass is 19.1. The van der Waals surface area contributed by atoms with Crippen LogP contribution in [-0.2, 0) is 6.54 Å². The summed E-state index contributed by atoms with van der Waals surface area (Å²) in [5.74, 6) is -1.28. The number of fused-ring (bicyclic) bond motifs is 4. The van der Waals surface area contributed by atoms with Gasteiger partial charge in [0, 0.05) is 44.3 Å². The maximum Gasteiger partial charge on any atom is 0.268 e. The third-order valence-corrected chi connectivity index (χ3v) is 6.48. The average Bonchev–Trinajstić information content (AvgIpc) is 3.41. The first-order valence-corrected chi connectivity index (χ1v) is 10.9. The van der Waals surface area contributed by atoms with E-state index in [0.717, 1.165) is 18.7 Å². The van der Waals surface area contributed by atoms with Crippen molar-refractivity contribution in [3.05, 3.63) is 87.7 Å². The predicted octanol–water partition coefficient (Wildman–Crippen LogP) is 3.21. The van der Waals surface area contributed by atoms with E-state index in [0.29, 0.717) is 30.2 Å². The molecule has 4 aromatic rings. The van der Waals surface area contributed by atoms with Crippen molar-refractivity contribution in [3.8, 4) is 11.4 Å². The summed E-state index contributed by atoms with van der Waals surface area (Å²) in [7, 11) is 0. The fraction of sp³-hybridized carbons (Fsp3) is 0.200. The molecule has 2 aliphatic heterocycles. The molecule has 1 N–H and O–H groups in total. The lowest BCUT2D eigenvalue weighted by Crippen LogP contribution is -2.44. The molecule has 2 aromatic heterocycles. The molecule has 166 valence electrons. The Morgan fingerprint density at radius 2 is 1.70 bits per heavy atom. The van der Waals surface area contributed by atoms with E-state index in [9.17, 15) is 14.0 Å². The van der Waals surface area contributed by atoms with Crippen molar-refractivity contribution in [2.45, 2.75) is 6.54 Å². The van der Waals surface area contributed by atoms with Crippen molar-refractivity contribution in [2.24, 2.45) is 0 Å². The van der Waals surface area contributed by atoms with Crippen LogP contribution in [-0.4, -0.2) is 41.2 Å². The second kappa shape index (κ2) is 7.38. The third-order valence-electron chi connectivity index (χ3n) is 6.48. The third kappa shape index (κ3) is 2.94. The van der Waals surface area contributed by atoms with E-state index >= 15 is 4.39 Å². The summed E-state index contributed by atoms with van der Waals surface area (Å²) in [6.07, 6.45) is 1.60. The van der Waals surface area contributed by atoms with E-state index in [-0.39, 0.29) is 28.8 Å². The van der Waals surface area contributed by atoms with Crippen LogP contribution in [0.15, 0.2) is 59.5 Å². The van der Waals surface area contributed by atoms with E-state index in [1.165, 1.54) is 16.7 Å². The zero-order valence-electron chi connectivity index (χ0n) is 17.6. The maximum absolute atomic E-state index is 16.2. The first kappa shape index (κ1) is 19.9. The quantitative estimate of drug-likeness (QED) is 0.463. The van der Waals surface area contributed by atoms with E-state index in [2.05, 4.69) is 5.32 Å². The lowest BCUT2D eigenvalue weighted by Gasteiger charge is -2.30. The topological polar surface area (TPSA) is 59.3 Å². The number of halogens is 2. The molecule has 0 saturated carbocycles. The van der Waals surface area contributed by atoms with Crippen LogP contribution in [0.1, 0.15) is 15.9 Å². The Morgan fingerprint density at radius 1 is 0.939 bits per heavy atom. The van der Waals surface area contributed by atoms with Crippen molar-refractivity contribution in [2.75, 3.05) is 31.1 Å². The summed E-state index contributed by atoms with van der Waals surface area (Å²) in [5.41, 5.74) is 1.81. The molecule has 0 unspecified atom stereocenters. The van der Waals surface area contributed by atoms with Crippen LogP contribution in [0, 0.1) is 11.6 Å². The summed E-state index contributed by atoms with van der Waals surface area (Å²) < 4.78 is 32.8. The number of benzene rings is 2. The van der Waals surface area contributed by atoms with Gasteiger partial charge in [-0.3, -0.25) is 14.2 Å². The minimum Gasteiger partial charge on any atom is -0.367 e. The highest BCUT2D eigenvalue weighted by Crippen LogP contribution is 2.36. The van der Waals surface area contributed by atoms with Gasteiger partial charge < -0.3 is 14.8 Å². The number of aromatic nitrogens is 2.